The van der Waals surface area contributed by atoms with Crippen molar-refractivity contribution in [1.82, 2.24) is 25.4 Å². The number of aromatic amines is 1. The zero-order valence-corrected chi connectivity index (χ0v) is 17.1. The van der Waals surface area contributed by atoms with Gasteiger partial charge in [0.05, 0.1) is 6.54 Å². The van der Waals surface area contributed by atoms with Crippen LogP contribution in [0.25, 0.3) is 11.4 Å². The zero-order chi connectivity index (χ0) is 20.4. The van der Waals surface area contributed by atoms with Crippen molar-refractivity contribution in [3.05, 3.63) is 30.1 Å². The van der Waals surface area contributed by atoms with Gasteiger partial charge < -0.3 is 16.4 Å². The molecule has 0 bridgehead atoms. The fraction of sp³-hybridized carbons (Fsp3) is 0.421. The summed E-state index contributed by atoms with van der Waals surface area (Å²) in [4.78, 5) is 42.4. The fourth-order valence-corrected chi connectivity index (χ4v) is 3.85. The van der Waals surface area contributed by atoms with Gasteiger partial charge in [0.25, 0.3) is 5.91 Å². The Kier molecular flexibility index (Phi) is 6.37. The average molecular weight is 434 g/mol. The number of carbonyl (C=O) groups excluding carboxylic acids is 3. The molecule has 1 saturated heterocycles. The van der Waals surface area contributed by atoms with Crippen molar-refractivity contribution in [2.45, 2.75) is 44.2 Å². The van der Waals surface area contributed by atoms with Gasteiger partial charge in [-0.3, -0.25) is 19.6 Å². The molecule has 30 heavy (non-hydrogen) atoms. The van der Waals surface area contributed by atoms with Crippen molar-refractivity contribution in [3.8, 4) is 11.4 Å². The number of urea groups is 1. The molecule has 1 aromatic heterocycles. The molecule has 2 heterocycles. The van der Waals surface area contributed by atoms with Gasteiger partial charge in [-0.2, -0.15) is 5.10 Å². The predicted molar refractivity (Wildman–Crippen MR) is 112 cm³/mol. The molecule has 2 aliphatic rings. The second kappa shape index (κ2) is 8.80. The van der Waals surface area contributed by atoms with E-state index < -0.39 is 11.6 Å². The van der Waals surface area contributed by atoms with E-state index in [9.17, 15) is 14.4 Å². The summed E-state index contributed by atoms with van der Waals surface area (Å²) < 4.78 is 0. The highest BCUT2D eigenvalue weighted by Gasteiger charge is 2.52. The molecule has 0 unspecified atom stereocenters. The number of hydrogen-bond donors (Lipinski definition) is 4. The maximum atomic E-state index is 12.6. The quantitative estimate of drug-likeness (QED) is 0.508. The lowest BCUT2D eigenvalue weighted by Gasteiger charge is -2.19. The van der Waals surface area contributed by atoms with Crippen LogP contribution in [0.3, 0.4) is 0 Å². The summed E-state index contributed by atoms with van der Waals surface area (Å²) in [6.07, 6.45) is 3.24. The van der Waals surface area contributed by atoms with Crippen molar-refractivity contribution in [3.63, 3.8) is 0 Å². The van der Waals surface area contributed by atoms with Gasteiger partial charge in [0.1, 0.15) is 11.4 Å². The highest BCUT2D eigenvalue weighted by Crippen LogP contribution is 2.35. The number of H-pyrrole nitrogens is 1. The first-order valence-electron chi connectivity index (χ1n) is 9.66. The molecular weight excluding hydrogens is 410 g/mol. The summed E-state index contributed by atoms with van der Waals surface area (Å²) in [6, 6.07) is 6.66. The topological polar surface area (TPSA) is 146 Å². The van der Waals surface area contributed by atoms with E-state index in [0.29, 0.717) is 30.2 Å². The molecular formula is C19H24ClN7O3. The van der Waals surface area contributed by atoms with E-state index in [2.05, 4.69) is 25.8 Å². The smallest absolute Gasteiger partial charge is 0.325 e. The van der Waals surface area contributed by atoms with Gasteiger partial charge in [-0.05, 0) is 37.1 Å². The highest BCUT2D eigenvalue weighted by molar-refractivity contribution is 6.07. The molecule has 10 nitrogen and oxygen atoms in total. The monoisotopic (exact) mass is 433 g/mol. The van der Waals surface area contributed by atoms with E-state index in [0.717, 1.165) is 23.3 Å². The molecule has 1 aliphatic carbocycles. The number of benzene rings is 1. The molecule has 11 heteroatoms. The summed E-state index contributed by atoms with van der Waals surface area (Å²) in [7, 11) is 0. The Labute approximate surface area is 179 Å². The molecule has 4 amide bonds. The van der Waals surface area contributed by atoms with Crippen LogP contribution < -0.4 is 16.4 Å². The largest absolute Gasteiger partial charge is 0.326 e. The number of nitrogens with two attached hydrogens (primary N) is 1. The molecule has 1 saturated carbocycles. The lowest BCUT2D eigenvalue weighted by atomic mass is 9.98. The minimum absolute atomic E-state index is 0. The van der Waals surface area contributed by atoms with E-state index in [-0.39, 0.29) is 43.7 Å². The van der Waals surface area contributed by atoms with Crippen molar-refractivity contribution in [2.24, 2.45) is 5.73 Å². The molecule has 2 aromatic rings. The molecule has 1 aromatic carbocycles. The lowest BCUT2D eigenvalue weighted by Crippen LogP contribution is -2.44. The van der Waals surface area contributed by atoms with Crippen molar-refractivity contribution in [1.29, 1.82) is 0 Å². The first kappa shape index (κ1) is 21.7. The van der Waals surface area contributed by atoms with Crippen LogP contribution in [0.2, 0.25) is 0 Å². The molecule has 0 atom stereocenters. The SMILES string of the molecule is Cl.NCc1nc(-c2ccc(NC(=O)CCN3C(=O)NC4(CCCC4)C3=O)cc2)n[nH]1. The van der Waals surface area contributed by atoms with Gasteiger partial charge in [0, 0.05) is 24.2 Å². The van der Waals surface area contributed by atoms with Crippen molar-refractivity contribution >= 4 is 35.9 Å². The Balaban J connectivity index is 0.00000256. The van der Waals surface area contributed by atoms with Crippen LogP contribution >= 0.6 is 12.4 Å². The first-order valence-corrected chi connectivity index (χ1v) is 9.66. The lowest BCUT2D eigenvalue weighted by molar-refractivity contribution is -0.131. The van der Waals surface area contributed by atoms with Gasteiger partial charge in [0.2, 0.25) is 5.91 Å². The van der Waals surface area contributed by atoms with Crippen LogP contribution in [0.5, 0.6) is 0 Å². The number of halogens is 1. The summed E-state index contributed by atoms with van der Waals surface area (Å²) in [6.45, 7) is 0.342. The van der Waals surface area contributed by atoms with E-state index >= 15 is 0 Å². The van der Waals surface area contributed by atoms with Crippen LogP contribution in [-0.2, 0) is 16.1 Å². The molecule has 160 valence electrons. The Morgan fingerprint density at radius 2 is 1.90 bits per heavy atom. The highest BCUT2D eigenvalue weighted by atomic mass is 35.5. The standard InChI is InChI=1S/C19H23N7O3.ClH/c20-11-14-22-16(25-24-14)12-3-5-13(6-4-12)21-15(27)7-10-26-17(28)19(23-18(26)29)8-1-2-9-19;/h3-6H,1-2,7-11,20H2,(H,21,27)(H,23,29)(H,22,24,25);1H. The number of carbonyl (C=O) groups is 3. The number of imide groups is 1. The minimum Gasteiger partial charge on any atom is -0.326 e. The molecule has 2 fully saturated rings. The molecule has 4 rings (SSSR count). The number of anilines is 1. The average Bonchev–Trinajstić information content (AvgIpc) is 3.43. The van der Waals surface area contributed by atoms with Gasteiger partial charge in [-0.1, -0.05) is 12.8 Å². The van der Waals surface area contributed by atoms with Crippen LogP contribution in [0.1, 0.15) is 37.9 Å². The van der Waals surface area contributed by atoms with Crippen molar-refractivity contribution in [2.75, 3.05) is 11.9 Å². The maximum Gasteiger partial charge on any atom is 0.325 e. The van der Waals surface area contributed by atoms with Gasteiger partial charge in [-0.15, -0.1) is 12.4 Å². The van der Waals surface area contributed by atoms with Crippen molar-refractivity contribution < 1.29 is 14.4 Å². The summed E-state index contributed by atoms with van der Waals surface area (Å²) in [5.74, 6) is 0.648. The van der Waals surface area contributed by atoms with E-state index in [1.165, 1.54) is 0 Å². The Bertz CT molecular complexity index is 938. The summed E-state index contributed by atoms with van der Waals surface area (Å²) in [5, 5.41) is 12.4. The number of aromatic nitrogens is 3. The van der Waals surface area contributed by atoms with Crippen LogP contribution in [0, 0.1) is 0 Å². The number of rotatable bonds is 6. The minimum atomic E-state index is -0.743. The van der Waals surface area contributed by atoms with E-state index in [4.69, 9.17) is 5.73 Å². The molecule has 1 aliphatic heterocycles. The fourth-order valence-electron chi connectivity index (χ4n) is 3.85. The van der Waals surface area contributed by atoms with Gasteiger partial charge >= 0.3 is 6.03 Å². The second-order valence-corrected chi connectivity index (χ2v) is 7.36. The summed E-state index contributed by atoms with van der Waals surface area (Å²) in [5.41, 5.74) is 6.17. The zero-order valence-electron chi connectivity index (χ0n) is 16.3. The van der Waals surface area contributed by atoms with Crippen LogP contribution in [-0.4, -0.2) is 50.0 Å². The number of nitrogens with one attached hydrogen (secondary N) is 3. The number of hydrogen-bond acceptors (Lipinski definition) is 6. The summed E-state index contributed by atoms with van der Waals surface area (Å²) >= 11 is 0. The van der Waals surface area contributed by atoms with E-state index in [1.807, 2.05) is 0 Å². The third-order valence-electron chi connectivity index (χ3n) is 5.42. The first-order chi connectivity index (χ1) is 14.0. The Morgan fingerprint density at radius 1 is 1.20 bits per heavy atom. The van der Waals surface area contributed by atoms with Gasteiger partial charge in [-0.25, -0.2) is 9.78 Å². The molecule has 5 N–H and O–H groups in total. The predicted octanol–water partition coefficient (Wildman–Crippen LogP) is 1.55. The third-order valence-corrected chi connectivity index (χ3v) is 5.42. The molecule has 1 spiro atoms. The van der Waals surface area contributed by atoms with Gasteiger partial charge in [0.15, 0.2) is 5.82 Å². The Morgan fingerprint density at radius 3 is 2.53 bits per heavy atom. The Hall–Kier alpha value is -2.98. The maximum absolute atomic E-state index is 12.6. The normalized spacial score (nSPS) is 17.2. The van der Waals surface area contributed by atoms with E-state index in [1.54, 1.807) is 24.3 Å². The second-order valence-electron chi connectivity index (χ2n) is 7.36. The number of nitrogens with zero attached hydrogens (tertiary/aromatic N) is 3. The van der Waals surface area contributed by atoms with Crippen LogP contribution in [0.4, 0.5) is 10.5 Å². The van der Waals surface area contributed by atoms with Crippen LogP contribution in [0.15, 0.2) is 24.3 Å². The third kappa shape index (κ3) is 4.14. The molecule has 0 radical (unpaired) electrons. The number of amides is 4.